The van der Waals surface area contributed by atoms with Crippen LogP contribution in [-0.4, -0.2) is 32.8 Å². The summed E-state index contributed by atoms with van der Waals surface area (Å²) in [7, 11) is 1.65. The molecule has 3 aromatic rings. The van der Waals surface area contributed by atoms with E-state index in [4.69, 9.17) is 4.74 Å². The van der Waals surface area contributed by atoms with E-state index in [9.17, 15) is 4.79 Å². The fraction of sp³-hybridized carbons (Fsp3) is 0.450. The highest BCUT2D eigenvalue weighted by Gasteiger charge is 2.24. The van der Waals surface area contributed by atoms with E-state index in [1.165, 1.54) is 12.8 Å². The van der Waals surface area contributed by atoms with Crippen LogP contribution in [0, 0.1) is 0 Å². The summed E-state index contributed by atoms with van der Waals surface area (Å²) in [5, 5.41) is 3.14. The summed E-state index contributed by atoms with van der Waals surface area (Å²) in [5.74, 6) is 1.35. The zero-order chi connectivity index (χ0) is 18.8. The molecule has 0 bridgehead atoms. The van der Waals surface area contributed by atoms with Crippen molar-refractivity contribution in [3.05, 3.63) is 46.5 Å². The third-order valence-corrected chi connectivity index (χ3v) is 5.23. The van der Waals surface area contributed by atoms with Crippen LogP contribution in [0.1, 0.15) is 44.2 Å². The Morgan fingerprint density at radius 1 is 1.22 bits per heavy atom. The predicted octanol–water partition coefficient (Wildman–Crippen LogP) is 3.20. The lowest BCUT2D eigenvalue weighted by Gasteiger charge is -2.10. The molecule has 1 saturated carbocycles. The van der Waals surface area contributed by atoms with Crippen molar-refractivity contribution in [1.29, 1.82) is 0 Å². The summed E-state index contributed by atoms with van der Waals surface area (Å²) >= 11 is 0. The van der Waals surface area contributed by atoms with Crippen LogP contribution in [0.15, 0.2) is 35.3 Å². The molecule has 0 spiro atoms. The number of fused-ring (bicyclic) bond motifs is 1. The first-order valence-corrected chi connectivity index (χ1v) is 9.56. The minimum Gasteiger partial charge on any atom is -0.497 e. The van der Waals surface area contributed by atoms with Crippen LogP contribution in [-0.2, 0) is 6.54 Å². The number of imidazole rings is 1. The largest absolute Gasteiger partial charge is 0.497 e. The molecule has 142 valence electrons. The minimum absolute atomic E-state index is 0.00401. The number of aromatic nitrogens is 4. The second kappa shape index (κ2) is 7.42. The van der Waals surface area contributed by atoms with Gasteiger partial charge in [0.25, 0.3) is 0 Å². The van der Waals surface area contributed by atoms with Crippen molar-refractivity contribution in [2.24, 2.45) is 0 Å². The van der Waals surface area contributed by atoms with E-state index in [-0.39, 0.29) is 11.7 Å². The van der Waals surface area contributed by atoms with Crippen LogP contribution in [0.2, 0.25) is 0 Å². The first-order chi connectivity index (χ1) is 13.2. The zero-order valence-corrected chi connectivity index (χ0v) is 15.8. The molecule has 4 rings (SSSR count). The van der Waals surface area contributed by atoms with Crippen molar-refractivity contribution in [3.63, 3.8) is 0 Å². The van der Waals surface area contributed by atoms with Crippen LogP contribution >= 0.6 is 0 Å². The molecule has 7 nitrogen and oxygen atoms in total. The van der Waals surface area contributed by atoms with Gasteiger partial charge in [0.1, 0.15) is 11.3 Å². The molecule has 0 radical (unpaired) electrons. The third kappa shape index (κ3) is 3.29. The second-order valence-electron chi connectivity index (χ2n) is 6.96. The van der Waals surface area contributed by atoms with Gasteiger partial charge >= 0.3 is 5.69 Å². The Hall–Kier alpha value is -2.83. The quantitative estimate of drug-likeness (QED) is 0.724. The lowest BCUT2D eigenvalue weighted by Crippen LogP contribution is -2.27. The Bertz CT molecular complexity index is 984. The van der Waals surface area contributed by atoms with Crippen LogP contribution < -0.4 is 15.7 Å². The molecule has 2 heterocycles. The predicted molar refractivity (Wildman–Crippen MR) is 106 cm³/mol. The summed E-state index contributed by atoms with van der Waals surface area (Å²) in [6.07, 6.45) is 6.19. The van der Waals surface area contributed by atoms with Crippen molar-refractivity contribution in [2.45, 2.75) is 45.2 Å². The number of nitrogens with zero attached hydrogens (tertiary/aromatic N) is 4. The molecule has 1 aliphatic rings. The zero-order valence-electron chi connectivity index (χ0n) is 15.8. The highest BCUT2D eigenvalue weighted by molar-refractivity contribution is 5.72. The fourth-order valence-electron chi connectivity index (χ4n) is 3.87. The number of anilines is 1. The maximum Gasteiger partial charge on any atom is 0.330 e. The van der Waals surface area contributed by atoms with Gasteiger partial charge in [-0.2, -0.15) is 4.98 Å². The van der Waals surface area contributed by atoms with Gasteiger partial charge in [-0.3, -0.25) is 9.13 Å². The Kier molecular flexibility index (Phi) is 4.83. The van der Waals surface area contributed by atoms with E-state index < -0.39 is 0 Å². The molecule has 0 amide bonds. The minimum atomic E-state index is -0.00401. The summed E-state index contributed by atoms with van der Waals surface area (Å²) in [4.78, 5) is 22.3. The second-order valence-corrected chi connectivity index (χ2v) is 6.96. The van der Waals surface area contributed by atoms with Gasteiger partial charge < -0.3 is 10.1 Å². The Balaban J connectivity index is 1.82. The van der Waals surface area contributed by atoms with Gasteiger partial charge in [0.15, 0.2) is 5.65 Å². The fourth-order valence-corrected chi connectivity index (χ4v) is 3.87. The molecule has 1 N–H and O–H groups in total. The molecule has 0 unspecified atom stereocenters. The van der Waals surface area contributed by atoms with Crippen molar-refractivity contribution in [2.75, 3.05) is 19.0 Å². The number of ether oxygens (including phenoxy) is 1. The molecule has 0 aliphatic heterocycles. The Morgan fingerprint density at radius 3 is 2.63 bits per heavy atom. The molecule has 1 aromatic carbocycles. The molecule has 0 saturated heterocycles. The SMILES string of the molecule is CCNc1ncc2c(n1)n(Cc1ccc(OC)cc1)c(=O)n2C1CCCC1. The maximum atomic E-state index is 13.3. The third-order valence-electron chi connectivity index (χ3n) is 5.23. The van der Waals surface area contributed by atoms with Gasteiger partial charge in [-0.15, -0.1) is 0 Å². The van der Waals surface area contributed by atoms with Crippen LogP contribution in [0.4, 0.5) is 5.95 Å². The normalized spacial score (nSPS) is 14.7. The van der Waals surface area contributed by atoms with Gasteiger partial charge in [-0.05, 0) is 37.5 Å². The molecule has 7 heteroatoms. The summed E-state index contributed by atoms with van der Waals surface area (Å²) in [5.41, 5.74) is 2.54. The number of nitrogens with one attached hydrogen (secondary N) is 1. The Labute approximate surface area is 158 Å². The number of rotatable bonds is 6. The maximum absolute atomic E-state index is 13.3. The topological polar surface area (TPSA) is 74.0 Å². The van der Waals surface area contributed by atoms with Gasteiger partial charge in [0.05, 0.1) is 19.9 Å². The average molecular weight is 367 g/mol. The standard InChI is InChI=1S/C20H25N5O2/c1-3-21-19-22-12-17-18(23-19)24(13-14-8-10-16(27-2)11-9-14)20(26)25(17)15-6-4-5-7-15/h8-12,15H,3-7,13H2,1-2H3,(H,21,22,23). The number of hydrogen-bond donors (Lipinski definition) is 1. The number of benzene rings is 1. The van der Waals surface area contributed by atoms with Crippen molar-refractivity contribution in [1.82, 2.24) is 19.1 Å². The van der Waals surface area contributed by atoms with Crippen LogP contribution in [0.3, 0.4) is 0 Å². The molecular weight excluding hydrogens is 342 g/mol. The van der Waals surface area contributed by atoms with E-state index in [2.05, 4.69) is 15.3 Å². The first-order valence-electron chi connectivity index (χ1n) is 9.56. The van der Waals surface area contributed by atoms with Crippen molar-refractivity contribution >= 4 is 17.1 Å². The van der Waals surface area contributed by atoms with Gasteiger partial charge in [0.2, 0.25) is 5.95 Å². The first kappa shape index (κ1) is 17.6. The van der Waals surface area contributed by atoms with E-state index in [0.29, 0.717) is 18.1 Å². The monoisotopic (exact) mass is 367 g/mol. The van der Waals surface area contributed by atoms with Gasteiger partial charge in [-0.25, -0.2) is 9.78 Å². The molecular formula is C20H25N5O2. The lowest BCUT2D eigenvalue weighted by atomic mass is 10.2. The molecule has 1 fully saturated rings. The van der Waals surface area contributed by atoms with Gasteiger partial charge in [-0.1, -0.05) is 25.0 Å². The van der Waals surface area contributed by atoms with Crippen LogP contribution in [0.25, 0.3) is 11.2 Å². The highest BCUT2D eigenvalue weighted by atomic mass is 16.5. The lowest BCUT2D eigenvalue weighted by molar-refractivity contribution is 0.414. The van der Waals surface area contributed by atoms with E-state index in [1.807, 2.05) is 35.8 Å². The molecule has 0 atom stereocenters. The number of hydrogen-bond acceptors (Lipinski definition) is 5. The summed E-state index contributed by atoms with van der Waals surface area (Å²) < 4.78 is 8.89. The smallest absolute Gasteiger partial charge is 0.330 e. The molecule has 27 heavy (non-hydrogen) atoms. The molecule has 1 aliphatic carbocycles. The van der Waals surface area contributed by atoms with Gasteiger partial charge in [0, 0.05) is 12.6 Å². The summed E-state index contributed by atoms with van der Waals surface area (Å²) in [6.45, 7) is 3.21. The van der Waals surface area contributed by atoms with Crippen molar-refractivity contribution < 1.29 is 4.74 Å². The highest BCUT2D eigenvalue weighted by Crippen LogP contribution is 2.31. The van der Waals surface area contributed by atoms with E-state index in [0.717, 1.165) is 36.2 Å². The number of methoxy groups -OCH3 is 1. The van der Waals surface area contributed by atoms with E-state index in [1.54, 1.807) is 17.9 Å². The van der Waals surface area contributed by atoms with Crippen molar-refractivity contribution in [3.8, 4) is 5.75 Å². The summed E-state index contributed by atoms with van der Waals surface area (Å²) in [6, 6.07) is 8.03. The average Bonchev–Trinajstić information content (AvgIpc) is 3.30. The Morgan fingerprint density at radius 2 is 1.96 bits per heavy atom. The van der Waals surface area contributed by atoms with E-state index >= 15 is 0 Å². The molecule has 2 aromatic heterocycles. The van der Waals surface area contributed by atoms with Crippen LogP contribution in [0.5, 0.6) is 5.75 Å².